The van der Waals surface area contributed by atoms with E-state index in [2.05, 4.69) is 32.8 Å². The van der Waals surface area contributed by atoms with Crippen molar-refractivity contribution in [3.05, 3.63) is 33.9 Å². The summed E-state index contributed by atoms with van der Waals surface area (Å²) in [6, 6.07) is 9.08. The van der Waals surface area contributed by atoms with Crippen molar-refractivity contribution < 1.29 is 14.3 Å². The normalized spacial score (nSPS) is 10.8. The van der Waals surface area contributed by atoms with Gasteiger partial charge in [-0.05, 0) is 46.9 Å². The van der Waals surface area contributed by atoms with E-state index in [1.807, 2.05) is 24.3 Å². The summed E-state index contributed by atoms with van der Waals surface area (Å²) in [5.41, 5.74) is 2.44. The lowest BCUT2D eigenvalue weighted by molar-refractivity contribution is 0.323. The molecule has 0 amide bonds. The van der Waals surface area contributed by atoms with Gasteiger partial charge in [-0.3, -0.25) is 0 Å². The maximum Gasteiger partial charge on any atom is 0.284 e. The maximum atomic E-state index is 9.40. The van der Waals surface area contributed by atoms with Crippen molar-refractivity contribution in [2.24, 2.45) is 0 Å². The van der Waals surface area contributed by atoms with Crippen LogP contribution in [0.1, 0.15) is 0 Å². The van der Waals surface area contributed by atoms with Crippen molar-refractivity contribution in [2.45, 2.75) is 0 Å². The highest BCUT2D eigenvalue weighted by Crippen LogP contribution is 2.37. The van der Waals surface area contributed by atoms with Crippen LogP contribution in [0.3, 0.4) is 0 Å². The fourth-order valence-electron chi connectivity index (χ4n) is 1.84. The molecule has 2 heterocycles. The zero-order valence-electron chi connectivity index (χ0n) is 9.92. The zero-order chi connectivity index (χ0) is 13.4. The number of fused-ring (bicyclic) bond motifs is 1. The number of benzene rings is 1. The van der Waals surface area contributed by atoms with Crippen LogP contribution in [0.15, 0.2) is 34.7 Å². The zero-order valence-corrected chi connectivity index (χ0v) is 12.1. The van der Waals surface area contributed by atoms with Crippen molar-refractivity contribution in [2.75, 3.05) is 7.11 Å². The summed E-state index contributed by atoms with van der Waals surface area (Å²) in [4.78, 5) is 0. The Hall–Kier alpha value is -1.83. The van der Waals surface area contributed by atoms with Gasteiger partial charge in [-0.25, -0.2) is 0 Å². The van der Waals surface area contributed by atoms with Crippen molar-refractivity contribution in [3.63, 3.8) is 0 Å². The summed E-state index contributed by atoms with van der Waals surface area (Å²) >= 11 is 2.12. The average molecular weight is 368 g/mol. The minimum absolute atomic E-state index is 0.168. The number of hydrogen-bond acceptors (Lipinski definition) is 5. The van der Waals surface area contributed by atoms with E-state index in [-0.39, 0.29) is 5.95 Å². The smallest absolute Gasteiger partial charge is 0.284 e. The highest BCUT2D eigenvalue weighted by atomic mass is 127. The third-order valence-electron chi connectivity index (χ3n) is 2.75. The molecule has 1 N–H and O–H groups in total. The molecule has 0 aliphatic carbocycles. The first-order chi connectivity index (χ1) is 9.19. The van der Waals surface area contributed by atoms with E-state index in [4.69, 9.17) is 9.15 Å². The molecule has 3 rings (SSSR count). The van der Waals surface area contributed by atoms with Gasteiger partial charge in [0.05, 0.1) is 12.7 Å². The minimum atomic E-state index is -0.168. The Morgan fingerprint density at radius 3 is 2.63 bits per heavy atom. The molecule has 0 bridgehead atoms. The number of aromatic nitrogens is 2. The van der Waals surface area contributed by atoms with Crippen molar-refractivity contribution in [1.82, 2.24) is 10.2 Å². The molecule has 0 radical (unpaired) electrons. The van der Waals surface area contributed by atoms with E-state index in [1.165, 1.54) is 0 Å². The lowest BCUT2D eigenvalue weighted by Crippen LogP contribution is -1.86. The van der Waals surface area contributed by atoms with Gasteiger partial charge in [-0.15, -0.1) is 10.2 Å². The quantitative estimate of drug-likeness (QED) is 0.704. The highest BCUT2D eigenvalue weighted by molar-refractivity contribution is 14.1. The maximum absolute atomic E-state index is 9.40. The van der Waals surface area contributed by atoms with Gasteiger partial charge in [0.1, 0.15) is 11.4 Å². The first-order valence-corrected chi connectivity index (χ1v) is 6.56. The highest BCUT2D eigenvalue weighted by Gasteiger charge is 2.21. The molecular formula is C13H9IN2O3. The Labute approximate surface area is 122 Å². The van der Waals surface area contributed by atoms with Crippen LogP contribution in [0.2, 0.25) is 0 Å². The van der Waals surface area contributed by atoms with Crippen molar-refractivity contribution in [3.8, 4) is 34.4 Å². The summed E-state index contributed by atoms with van der Waals surface area (Å²) < 4.78 is 11.1. The van der Waals surface area contributed by atoms with Gasteiger partial charge in [0.15, 0.2) is 0 Å². The van der Waals surface area contributed by atoms with E-state index in [1.54, 1.807) is 13.2 Å². The van der Waals surface area contributed by atoms with Crippen LogP contribution in [-0.4, -0.2) is 22.4 Å². The van der Waals surface area contributed by atoms with E-state index in [0.29, 0.717) is 5.89 Å². The number of methoxy groups -OCH3 is 1. The summed E-state index contributed by atoms with van der Waals surface area (Å²) in [5.74, 6) is 0.942. The molecular weight excluding hydrogens is 359 g/mol. The van der Waals surface area contributed by atoms with Gasteiger partial charge in [-0.2, -0.15) is 0 Å². The molecule has 0 fully saturated rings. The van der Waals surface area contributed by atoms with Crippen molar-refractivity contribution in [1.29, 1.82) is 0 Å². The SMILES string of the molecule is COc1ccc(-c2nnc3oc(O)cc(I)c2-3)cc1. The predicted molar refractivity (Wildman–Crippen MR) is 77.3 cm³/mol. The first kappa shape index (κ1) is 12.2. The Kier molecular flexibility index (Phi) is 3.02. The Balaban J connectivity index is 2.15. The number of hydrogen-bond donors (Lipinski definition) is 1. The van der Waals surface area contributed by atoms with E-state index >= 15 is 0 Å². The van der Waals surface area contributed by atoms with Crippen LogP contribution in [0.25, 0.3) is 22.7 Å². The summed E-state index contributed by atoms with van der Waals surface area (Å²) in [5, 5.41) is 17.5. The first-order valence-electron chi connectivity index (χ1n) is 5.48. The monoisotopic (exact) mass is 368 g/mol. The van der Waals surface area contributed by atoms with E-state index < -0.39 is 0 Å². The second-order valence-corrected chi connectivity index (χ2v) is 5.05. The molecule has 0 aromatic heterocycles. The largest absolute Gasteiger partial charge is 0.497 e. The molecule has 2 aliphatic rings. The van der Waals surface area contributed by atoms with Crippen LogP contribution >= 0.6 is 22.6 Å². The number of ether oxygens (including phenoxy) is 1. The number of halogens is 1. The lowest BCUT2D eigenvalue weighted by Gasteiger charge is -2.04. The van der Waals surface area contributed by atoms with E-state index in [9.17, 15) is 5.11 Å². The molecule has 0 spiro atoms. The molecule has 0 saturated heterocycles. The fourth-order valence-corrected chi connectivity index (χ4v) is 2.60. The Morgan fingerprint density at radius 2 is 1.95 bits per heavy atom. The topological polar surface area (TPSA) is 68.4 Å². The second kappa shape index (κ2) is 4.69. The fraction of sp³-hybridized carbons (Fsp3) is 0.0769. The van der Waals surface area contributed by atoms with Gasteiger partial charge in [-0.1, -0.05) is 0 Å². The third kappa shape index (κ3) is 2.12. The van der Waals surface area contributed by atoms with Gasteiger partial charge < -0.3 is 14.3 Å². The third-order valence-corrected chi connectivity index (χ3v) is 3.60. The predicted octanol–water partition coefficient (Wildman–Crippen LogP) is 3.16. The minimum Gasteiger partial charge on any atom is -0.497 e. The molecule has 0 unspecified atom stereocenters. The number of nitrogens with zero attached hydrogens (tertiary/aromatic N) is 2. The molecule has 1 aromatic rings. The van der Waals surface area contributed by atoms with Crippen molar-refractivity contribution >= 4 is 22.6 Å². The molecule has 0 atom stereocenters. The van der Waals surface area contributed by atoms with Crippen LogP contribution < -0.4 is 4.74 Å². The van der Waals surface area contributed by atoms with Crippen LogP contribution in [-0.2, 0) is 0 Å². The molecule has 19 heavy (non-hydrogen) atoms. The lowest BCUT2D eigenvalue weighted by atomic mass is 10.1. The standard InChI is InChI=1S/C13H9IN2O3/c1-18-8-4-2-7(3-5-8)12-11-9(14)6-10(17)19-13(11)16-15-12/h2-6,17H,1H3. The van der Waals surface area contributed by atoms with Gasteiger partial charge in [0.2, 0.25) is 0 Å². The van der Waals surface area contributed by atoms with Gasteiger partial charge >= 0.3 is 0 Å². The Morgan fingerprint density at radius 1 is 1.21 bits per heavy atom. The summed E-state index contributed by atoms with van der Waals surface area (Å²) in [6.45, 7) is 0. The Bertz CT molecular complexity index is 694. The molecule has 5 nitrogen and oxygen atoms in total. The van der Waals surface area contributed by atoms with E-state index in [0.717, 1.165) is 26.1 Å². The van der Waals surface area contributed by atoms with Crippen LogP contribution in [0, 0.1) is 3.57 Å². The molecule has 0 saturated carbocycles. The molecule has 6 heteroatoms. The van der Waals surface area contributed by atoms with Gasteiger partial charge in [0.25, 0.3) is 11.8 Å². The molecule has 2 aliphatic heterocycles. The summed E-state index contributed by atoms with van der Waals surface area (Å²) in [6.07, 6.45) is 0. The molecule has 1 aromatic carbocycles. The number of rotatable bonds is 2. The van der Waals surface area contributed by atoms with Crippen LogP contribution in [0.4, 0.5) is 0 Å². The summed E-state index contributed by atoms with van der Waals surface area (Å²) in [7, 11) is 1.62. The average Bonchev–Trinajstić information content (AvgIpc) is 2.83. The van der Waals surface area contributed by atoms with Crippen LogP contribution in [0.5, 0.6) is 11.7 Å². The molecule has 96 valence electrons. The van der Waals surface area contributed by atoms with Gasteiger partial charge in [0, 0.05) is 15.2 Å². The number of aromatic hydroxyl groups is 1. The second-order valence-electron chi connectivity index (χ2n) is 3.89.